The molecule has 2 aromatic rings. The Hall–Kier alpha value is -1.09. The molecule has 21 heavy (non-hydrogen) atoms. The molecule has 0 saturated carbocycles. The minimum atomic E-state index is -4.26. The number of alkyl halides is 3. The quantitative estimate of drug-likeness (QED) is 0.529. The monoisotopic (exact) mass is 410 g/mol. The molecular formula is C14H14F3IN2O. The van der Waals surface area contributed by atoms with Gasteiger partial charge in [0.15, 0.2) is 0 Å². The fourth-order valence-electron chi connectivity index (χ4n) is 1.82. The van der Waals surface area contributed by atoms with E-state index in [2.05, 4.69) is 32.4 Å². The summed E-state index contributed by atoms with van der Waals surface area (Å²) in [6.45, 7) is -0.598. The van der Waals surface area contributed by atoms with Crippen LogP contribution in [0.25, 0.3) is 11.1 Å². The fraction of sp³-hybridized carbons (Fsp3) is 0.357. The fourth-order valence-corrected chi connectivity index (χ4v) is 2.36. The molecule has 0 radical (unpaired) electrons. The van der Waals surface area contributed by atoms with Crippen molar-refractivity contribution in [3.05, 3.63) is 40.2 Å². The van der Waals surface area contributed by atoms with Crippen molar-refractivity contribution in [2.45, 2.75) is 19.1 Å². The molecule has 0 aliphatic heterocycles. The first-order valence-electron chi connectivity index (χ1n) is 6.37. The lowest BCUT2D eigenvalue weighted by Crippen LogP contribution is -2.17. The van der Waals surface area contributed by atoms with Crippen molar-refractivity contribution in [2.24, 2.45) is 0 Å². The first-order chi connectivity index (χ1) is 9.94. The molecule has 0 atom stereocenters. The average Bonchev–Trinajstić information content (AvgIpc) is 2.86. The number of ether oxygens (including phenoxy) is 1. The molecule has 0 aliphatic rings. The van der Waals surface area contributed by atoms with Crippen molar-refractivity contribution < 1.29 is 17.9 Å². The van der Waals surface area contributed by atoms with E-state index in [1.54, 1.807) is 10.9 Å². The predicted octanol–water partition coefficient (Wildman–Crippen LogP) is 4.12. The molecule has 0 spiro atoms. The lowest BCUT2D eigenvalue weighted by molar-refractivity contribution is -0.174. The van der Waals surface area contributed by atoms with Crippen molar-refractivity contribution in [1.29, 1.82) is 0 Å². The molecule has 0 unspecified atom stereocenters. The maximum atomic E-state index is 11.9. The zero-order chi connectivity index (χ0) is 15.3. The Morgan fingerprint density at radius 3 is 2.76 bits per heavy atom. The van der Waals surface area contributed by atoms with Gasteiger partial charge in [0.2, 0.25) is 0 Å². The van der Waals surface area contributed by atoms with E-state index in [1.165, 1.54) is 0 Å². The van der Waals surface area contributed by atoms with Crippen LogP contribution >= 0.6 is 22.6 Å². The van der Waals surface area contributed by atoms with Crippen LogP contribution in [0.15, 0.2) is 36.7 Å². The van der Waals surface area contributed by atoms with Gasteiger partial charge in [-0.1, -0.05) is 12.1 Å². The molecule has 1 aromatic heterocycles. The van der Waals surface area contributed by atoms with Gasteiger partial charge < -0.3 is 4.74 Å². The summed E-state index contributed by atoms with van der Waals surface area (Å²) in [6.07, 6.45) is -0.135. The van der Waals surface area contributed by atoms with Gasteiger partial charge in [-0.2, -0.15) is 18.3 Å². The molecule has 0 N–H and O–H groups in total. The van der Waals surface area contributed by atoms with E-state index in [-0.39, 0.29) is 6.61 Å². The second-order valence-electron chi connectivity index (χ2n) is 4.52. The summed E-state index contributed by atoms with van der Waals surface area (Å²) in [7, 11) is 0. The predicted molar refractivity (Wildman–Crippen MR) is 81.9 cm³/mol. The van der Waals surface area contributed by atoms with E-state index in [0.717, 1.165) is 14.7 Å². The minimum Gasteiger partial charge on any atom is -0.372 e. The van der Waals surface area contributed by atoms with Crippen LogP contribution in [0.2, 0.25) is 0 Å². The SMILES string of the molecule is FC(F)(F)COCCCn1cc(-c2cccc(I)c2)cn1. The third-order valence-electron chi connectivity index (χ3n) is 2.73. The second-order valence-corrected chi connectivity index (χ2v) is 5.77. The van der Waals surface area contributed by atoms with Crippen LogP contribution in [0, 0.1) is 3.57 Å². The molecule has 1 heterocycles. The van der Waals surface area contributed by atoms with Crippen LogP contribution in [0.1, 0.15) is 6.42 Å². The van der Waals surface area contributed by atoms with Gasteiger partial charge in [0, 0.05) is 28.5 Å². The molecule has 7 heteroatoms. The number of aryl methyl sites for hydroxylation is 1. The third-order valence-corrected chi connectivity index (χ3v) is 3.40. The number of halogens is 4. The van der Waals surface area contributed by atoms with Crippen LogP contribution in [0.4, 0.5) is 13.2 Å². The topological polar surface area (TPSA) is 27.1 Å². The van der Waals surface area contributed by atoms with Gasteiger partial charge in [0.25, 0.3) is 0 Å². The van der Waals surface area contributed by atoms with E-state index in [9.17, 15) is 13.2 Å². The van der Waals surface area contributed by atoms with Crippen LogP contribution in [-0.2, 0) is 11.3 Å². The van der Waals surface area contributed by atoms with Crippen LogP contribution in [0.3, 0.4) is 0 Å². The van der Waals surface area contributed by atoms with E-state index in [4.69, 9.17) is 0 Å². The highest BCUT2D eigenvalue weighted by atomic mass is 127. The van der Waals surface area contributed by atoms with Gasteiger partial charge in [0.1, 0.15) is 6.61 Å². The van der Waals surface area contributed by atoms with Gasteiger partial charge in [-0.05, 0) is 46.7 Å². The Labute approximate surface area is 134 Å². The highest BCUT2D eigenvalue weighted by Crippen LogP contribution is 2.20. The zero-order valence-corrected chi connectivity index (χ0v) is 13.3. The maximum absolute atomic E-state index is 11.9. The normalized spacial score (nSPS) is 11.8. The highest BCUT2D eigenvalue weighted by molar-refractivity contribution is 14.1. The third kappa shape index (κ3) is 5.66. The molecule has 0 bridgehead atoms. The van der Waals surface area contributed by atoms with E-state index in [0.29, 0.717) is 13.0 Å². The van der Waals surface area contributed by atoms with E-state index >= 15 is 0 Å². The van der Waals surface area contributed by atoms with Crippen molar-refractivity contribution >= 4 is 22.6 Å². The Bertz CT molecular complexity index is 584. The Morgan fingerprint density at radius 2 is 2.05 bits per heavy atom. The number of hydrogen-bond donors (Lipinski definition) is 0. The number of rotatable bonds is 6. The number of nitrogens with zero attached hydrogens (tertiary/aromatic N) is 2. The van der Waals surface area contributed by atoms with Crippen LogP contribution in [-0.4, -0.2) is 29.2 Å². The van der Waals surface area contributed by atoms with Crippen molar-refractivity contribution in [3.8, 4) is 11.1 Å². The molecule has 3 nitrogen and oxygen atoms in total. The van der Waals surface area contributed by atoms with Crippen molar-refractivity contribution in [2.75, 3.05) is 13.2 Å². The van der Waals surface area contributed by atoms with Gasteiger partial charge in [-0.25, -0.2) is 0 Å². The summed E-state index contributed by atoms with van der Waals surface area (Å²) in [4.78, 5) is 0. The summed E-state index contributed by atoms with van der Waals surface area (Å²) in [5.41, 5.74) is 2.06. The lowest BCUT2D eigenvalue weighted by Gasteiger charge is -2.07. The summed E-state index contributed by atoms with van der Waals surface area (Å²) in [5.74, 6) is 0. The Balaban J connectivity index is 1.81. The Kier molecular flexibility index (Phi) is 5.63. The number of hydrogen-bond acceptors (Lipinski definition) is 2. The summed E-state index contributed by atoms with van der Waals surface area (Å²) in [6, 6.07) is 8.02. The van der Waals surface area contributed by atoms with Crippen LogP contribution in [0.5, 0.6) is 0 Å². The number of benzene rings is 1. The van der Waals surface area contributed by atoms with E-state index < -0.39 is 12.8 Å². The standard InChI is InChI=1S/C14H14F3IN2O/c15-14(16,17)10-21-6-2-5-20-9-12(8-19-20)11-3-1-4-13(18)7-11/h1,3-4,7-9H,2,5-6,10H2. The minimum absolute atomic E-state index is 0.0674. The Morgan fingerprint density at radius 1 is 1.24 bits per heavy atom. The molecular weight excluding hydrogens is 396 g/mol. The molecule has 0 aliphatic carbocycles. The molecule has 0 fully saturated rings. The van der Waals surface area contributed by atoms with Crippen LogP contribution < -0.4 is 0 Å². The zero-order valence-electron chi connectivity index (χ0n) is 11.1. The first kappa shape index (κ1) is 16.3. The van der Waals surface area contributed by atoms with Crippen molar-refractivity contribution in [1.82, 2.24) is 9.78 Å². The average molecular weight is 410 g/mol. The van der Waals surface area contributed by atoms with Gasteiger partial charge in [0.05, 0.1) is 6.20 Å². The largest absolute Gasteiger partial charge is 0.411 e. The van der Waals surface area contributed by atoms with Gasteiger partial charge in [-0.3, -0.25) is 4.68 Å². The lowest BCUT2D eigenvalue weighted by atomic mass is 10.1. The number of aromatic nitrogens is 2. The van der Waals surface area contributed by atoms with Gasteiger partial charge in [-0.15, -0.1) is 0 Å². The van der Waals surface area contributed by atoms with Gasteiger partial charge >= 0.3 is 6.18 Å². The highest BCUT2D eigenvalue weighted by Gasteiger charge is 2.27. The van der Waals surface area contributed by atoms with Crippen molar-refractivity contribution in [3.63, 3.8) is 0 Å². The smallest absolute Gasteiger partial charge is 0.372 e. The first-order valence-corrected chi connectivity index (χ1v) is 7.45. The summed E-state index contributed by atoms with van der Waals surface area (Å²) < 4.78 is 43.1. The molecule has 0 saturated heterocycles. The summed E-state index contributed by atoms with van der Waals surface area (Å²) in [5, 5.41) is 4.21. The molecule has 0 amide bonds. The molecule has 114 valence electrons. The maximum Gasteiger partial charge on any atom is 0.411 e. The molecule has 2 rings (SSSR count). The molecule has 1 aromatic carbocycles. The summed E-state index contributed by atoms with van der Waals surface area (Å²) >= 11 is 2.24. The van der Waals surface area contributed by atoms with E-state index in [1.807, 2.05) is 30.5 Å². The second kappa shape index (κ2) is 7.26.